The summed E-state index contributed by atoms with van der Waals surface area (Å²) < 4.78 is 0. The Morgan fingerprint density at radius 3 is 2.53 bits per heavy atom. The molecule has 1 aromatic heterocycles. The second-order valence-corrected chi connectivity index (χ2v) is 4.93. The fraction of sp³-hybridized carbons (Fsp3) is 0.538. The molecule has 88 valence electrons. The molecule has 2 saturated heterocycles. The SMILES string of the molecule is N#Cc1ccc(N2C3CCC2CC(O)C3)cn1. The van der Waals surface area contributed by atoms with Gasteiger partial charge in [-0.05, 0) is 37.8 Å². The summed E-state index contributed by atoms with van der Waals surface area (Å²) in [5.74, 6) is 0. The second kappa shape index (κ2) is 4.01. The van der Waals surface area contributed by atoms with E-state index < -0.39 is 0 Å². The lowest BCUT2D eigenvalue weighted by molar-refractivity contribution is 0.126. The van der Waals surface area contributed by atoms with E-state index >= 15 is 0 Å². The molecule has 17 heavy (non-hydrogen) atoms. The summed E-state index contributed by atoms with van der Waals surface area (Å²) in [5, 5.41) is 18.5. The molecule has 1 N–H and O–H groups in total. The van der Waals surface area contributed by atoms with Crippen LogP contribution >= 0.6 is 0 Å². The second-order valence-electron chi connectivity index (χ2n) is 4.93. The topological polar surface area (TPSA) is 60.2 Å². The molecule has 3 heterocycles. The summed E-state index contributed by atoms with van der Waals surface area (Å²) >= 11 is 0. The maximum absolute atomic E-state index is 9.75. The van der Waals surface area contributed by atoms with Gasteiger partial charge in [0.2, 0.25) is 0 Å². The Labute approximate surface area is 101 Å². The first kappa shape index (κ1) is 10.5. The number of nitriles is 1. The molecule has 2 unspecified atom stereocenters. The Kier molecular flexibility index (Phi) is 2.49. The number of nitrogens with zero attached hydrogens (tertiary/aromatic N) is 3. The zero-order chi connectivity index (χ0) is 11.8. The van der Waals surface area contributed by atoms with E-state index in [1.54, 1.807) is 12.3 Å². The van der Waals surface area contributed by atoms with Crippen molar-refractivity contribution in [3.8, 4) is 6.07 Å². The van der Waals surface area contributed by atoms with Gasteiger partial charge in [-0.2, -0.15) is 5.26 Å². The number of piperidine rings is 1. The Morgan fingerprint density at radius 2 is 2.00 bits per heavy atom. The summed E-state index contributed by atoms with van der Waals surface area (Å²) in [5.41, 5.74) is 1.54. The minimum absolute atomic E-state index is 0.143. The third-order valence-corrected chi connectivity index (χ3v) is 3.87. The molecule has 2 atom stereocenters. The Hall–Kier alpha value is -1.60. The van der Waals surface area contributed by atoms with Gasteiger partial charge >= 0.3 is 0 Å². The van der Waals surface area contributed by atoms with Gasteiger partial charge in [-0.15, -0.1) is 0 Å². The minimum Gasteiger partial charge on any atom is -0.393 e. The first-order chi connectivity index (χ1) is 8.28. The van der Waals surface area contributed by atoms with Gasteiger partial charge in [0.1, 0.15) is 11.8 Å². The molecule has 1 aromatic rings. The van der Waals surface area contributed by atoms with Crippen LogP contribution in [0.2, 0.25) is 0 Å². The predicted octanol–water partition coefficient (Wildman–Crippen LogP) is 1.45. The minimum atomic E-state index is -0.143. The standard InChI is InChI=1S/C13H15N3O/c14-7-9-1-2-12(8-15-9)16-10-3-4-11(16)6-13(17)5-10/h1-2,8,10-11,13,17H,3-6H2. The molecule has 2 aliphatic heterocycles. The van der Waals surface area contributed by atoms with Crippen LogP contribution in [-0.2, 0) is 0 Å². The number of aliphatic hydroxyl groups is 1. The molecule has 0 amide bonds. The van der Waals surface area contributed by atoms with Gasteiger partial charge in [-0.25, -0.2) is 4.98 Å². The van der Waals surface area contributed by atoms with Gasteiger partial charge in [-0.3, -0.25) is 0 Å². The van der Waals surface area contributed by atoms with Gasteiger partial charge in [-0.1, -0.05) is 0 Å². The molecule has 0 radical (unpaired) electrons. The van der Waals surface area contributed by atoms with E-state index in [0.717, 1.165) is 31.4 Å². The lowest BCUT2D eigenvalue weighted by Gasteiger charge is -2.38. The zero-order valence-electron chi connectivity index (χ0n) is 9.58. The molecule has 4 nitrogen and oxygen atoms in total. The monoisotopic (exact) mass is 229 g/mol. The third-order valence-electron chi connectivity index (χ3n) is 3.87. The summed E-state index contributed by atoms with van der Waals surface area (Å²) in [7, 11) is 0. The fourth-order valence-electron chi connectivity index (χ4n) is 3.17. The quantitative estimate of drug-likeness (QED) is 0.791. The van der Waals surface area contributed by atoms with Crippen molar-refractivity contribution in [2.45, 2.75) is 43.9 Å². The smallest absolute Gasteiger partial charge is 0.140 e. The highest BCUT2D eigenvalue weighted by Gasteiger charge is 2.40. The van der Waals surface area contributed by atoms with Crippen LogP contribution in [0, 0.1) is 11.3 Å². The Bertz CT molecular complexity index is 437. The normalized spacial score (nSPS) is 31.3. The molecular weight excluding hydrogens is 214 g/mol. The fourth-order valence-corrected chi connectivity index (χ4v) is 3.17. The molecule has 4 heteroatoms. The lowest BCUT2D eigenvalue weighted by Crippen LogP contribution is -2.44. The maximum Gasteiger partial charge on any atom is 0.140 e. The number of fused-ring (bicyclic) bond motifs is 2. The van der Waals surface area contributed by atoms with Crippen molar-refractivity contribution in [2.75, 3.05) is 4.90 Å². The van der Waals surface area contributed by atoms with Gasteiger partial charge in [0, 0.05) is 12.1 Å². The average Bonchev–Trinajstić information content (AvgIpc) is 2.62. The molecule has 0 spiro atoms. The largest absolute Gasteiger partial charge is 0.393 e. The number of aliphatic hydroxyl groups excluding tert-OH is 1. The maximum atomic E-state index is 9.75. The van der Waals surface area contributed by atoms with Crippen LogP contribution in [0.5, 0.6) is 0 Å². The molecule has 0 saturated carbocycles. The van der Waals surface area contributed by atoms with E-state index in [4.69, 9.17) is 5.26 Å². The van der Waals surface area contributed by atoms with Gasteiger partial charge in [0.25, 0.3) is 0 Å². The lowest BCUT2D eigenvalue weighted by atomic mass is 9.99. The van der Waals surface area contributed by atoms with E-state index in [1.807, 2.05) is 12.1 Å². The summed E-state index contributed by atoms with van der Waals surface area (Å²) in [6.45, 7) is 0. The highest BCUT2D eigenvalue weighted by Crippen LogP contribution is 2.38. The number of hydrogen-bond acceptors (Lipinski definition) is 4. The van der Waals surface area contributed by atoms with Crippen molar-refractivity contribution in [3.63, 3.8) is 0 Å². The van der Waals surface area contributed by atoms with Crippen molar-refractivity contribution in [3.05, 3.63) is 24.0 Å². The zero-order valence-corrected chi connectivity index (χ0v) is 9.58. The molecule has 2 bridgehead atoms. The van der Waals surface area contributed by atoms with Crippen LogP contribution in [0.15, 0.2) is 18.3 Å². The van der Waals surface area contributed by atoms with Crippen LogP contribution in [0.25, 0.3) is 0 Å². The molecule has 0 aromatic carbocycles. The number of anilines is 1. The molecule has 0 aliphatic carbocycles. The van der Waals surface area contributed by atoms with Crippen molar-refractivity contribution < 1.29 is 5.11 Å². The van der Waals surface area contributed by atoms with Crippen molar-refractivity contribution >= 4 is 5.69 Å². The van der Waals surface area contributed by atoms with Crippen LogP contribution in [-0.4, -0.2) is 28.3 Å². The highest BCUT2D eigenvalue weighted by molar-refractivity contribution is 5.50. The first-order valence-corrected chi connectivity index (χ1v) is 6.10. The summed E-state index contributed by atoms with van der Waals surface area (Å²) in [4.78, 5) is 6.50. The van der Waals surface area contributed by atoms with Crippen molar-refractivity contribution in [1.29, 1.82) is 5.26 Å². The van der Waals surface area contributed by atoms with E-state index in [-0.39, 0.29) is 6.10 Å². The highest BCUT2D eigenvalue weighted by atomic mass is 16.3. The van der Waals surface area contributed by atoms with E-state index in [2.05, 4.69) is 9.88 Å². The van der Waals surface area contributed by atoms with Gasteiger partial charge < -0.3 is 10.0 Å². The molecule has 3 rings (SSSR count). The van der Waals surface area contributed by atoms with Gasteiger partial charge in [0.15, 0.2) is 0 Å². The average molecular weight is 229 g/mol. The number of pyridine rings is 1. The van der Waals surface area contributed by atoms with Crippen molar-refractivity contribution in [2.24, 2.45) is 0 Å². The molecule has 2 aliphatic rings. The van der Waals surface area contributed by atoms with Gasteiger partial charge in [0.05, 0.1) is 18.0 Å². The summed E-state index contributed by atoms with van der Waals surface area (Å²) in [6.07, 6.45) is 5.66. The summed E-state index contributed by atoms with van der Waals surface area (Å²) in [6, 6.07) is 6.65. The number of aromatic nitrogens is 1. The Morgan fingerprint density at radius 1 is 1.29 bits per heavy atom. The van der Waals surface area contributed by atoms with Crippen LogP contribution in [0.3, 0.4) is 0 Å². The van der Waals surface area contributed by atoms with Crippen LogP contribution < -0.4 is 4.90 Å². The van der Waals surface area contributed by atoms with E-state index in [9.17, 15) is 5.11 Å². The van der Waals surface area contributed by atoms with Crippen LogP contribution in [0.4, 0.5) is 5.69 Å². The number of hydrogen-bond donors (Lipinski definition) is 1. The van der Waals surface area contributed by atoms with Crippen molar-refractivity contribution in [1.82, 2.24) is 4.98 Å². The number of rotatable bonds is 1. The first-order valence-electron chi connectivity index (χ1n) is 6.10. The third kappa shape index (κ3) is 1.77. The predicted molar refractivity (Wildman–Crippen MR) is 63.5 cm³/mol. The Balaban J connectivity index is 1.87. The van der Waals surface area contributed by atoms with E-state index in [0.29, 0.717) is 17.8 Å². The molecular formula is C13H15N3O. The van der Waals surface area contributed by atoms with Crippen LogP contribution in [0.1, 0.15) is 31.4 Å². The van der Waals surface area contributed by atoms with E-state index in [1.165, 1.54) is 0 Å². The molecule has 2 fully saturated rings.